The first-order valence-corrected chi connectivity index (χ1v) is 7.63. The van der Waals surface area contributed by atoms with E-state index in [1.165, 1.54) is 5.56 Å². The molecule has 1 aliphatic heterocycles. The van der Waals surface area contributed by atoms with E-state index in [1.54, 1.807) is 0 Å². The van der Waals surface area contributed by atoms with Crippen LogP contribution in [0.4, 0.5) is 0 Å². The topological polar surface area (TPSA) is 35.0 Å². The molecular weight excluding hydrogens is 284 g/mol. The van der Waals surface area contributed by atoms with Crippen LogP contribution in [0.3, 0.4) is 0 Å². The summed E-state index contributed by atoms with van der Waals surface area (Å²) in [7, 11) is 0. The fourth-order valence-electron chi connectivity index (χ4n) is 2.87. The molecular formula is C17H19ClN2O. The van der Waals surface area contributed by atoms with E-state index in [9.17, 15) is 0 Å². The van der Waals surface area contributed by atoms with Crippen molar-refractivity contribution in [1.82, 2.24) is 9.97 Å². The Kier molecular flexibility index (Phi) is 3.40. The molecule has 0 amide bonds. The van der Waals surface area contributed by atoms with Crippen LogP contribution in [0.1, 0.15) is 37.6 Å². The van der Waals surface area contributed by atoms with E-state index in [-0.39, 0.29) is 5.60 Å². The number of hydrogen-bond donors (Lipinski definition) is 0. The van der Waals surface area contributed by atoms with E-state index in [1.807, 2.05) is 19.1 Å². The average molecular weight is 303 g/mol. The minimum absolute atomic E-state index is 0.180. The van der Waals surface area contributed by atoms with Gasteiger partial charge in [0.25, 0.3) is 0 Å². The summed E-state index contributed by atoms with van der Waals surface area (Å²) in [4.78, 5) is 9.10. The van der Waals surface area contributed by atoms with Crippen molar-refractivity contribution in [2.75, 3.05) is 0 Å². The molecule has 1 aliphatic rings. The van der Waals surface area contributed by atoms with Gasteiger partial charge in [0.05, 0.1) is 5.56 Å². The molecule has 0 N–H and O–H groups in total. The van der Waals surface area contributed by atoms with Crippen LogP contribution >= 0.6 is 11.6 Å². The number of ether oxygens (including phenoxy) is 1. The van der Waals surface area contributed by atoms with Crippen LogP contribution in [0.15, 0.2) is 18.2 Å². The molecule has 0 aliphatic carbocycles. The zero-order valence-corrected chi connectivity index (χ0v) is 13.6. The van der Waals surface area contributed by atoms with E-state index in [0.717, 1.165) is 35.4 Å². The van der Waals surface area contributed by atoms with Crippen molar-refractivity contribution in [3.8, 4) is 17.1 Å². The lowest BCUT2D eigenvalue weighted by Crippen LogP contribution is -2.24. The van der Waals surface area contributed by atoms with Gasteiger partial charge in [0, 0.05) is 17.7 Å². The van der Waals surface area contributed by atoms with Gasteiger partial charge in [0.15, 0.2) is 5.82 Å². The summed E-state index contributed by atoms with van der Waals surface area (Å²) in [6, 6.07) is 6.12. The molecule has 0 bridgehead atoms. The predicted octanol–water partition coefficient (Wildman–Crippen LogP) is 4.38. The first-order chi connectivity index (χ1) is 9.91. The molecule has 0 fully saturated rings. The zero-order valence-electron chi connectivity index (χ0n) is 12.8. The number of fused-ring (bicyclic) bond motifs is 1. The highest BCUT2D eigenvalue weighted by Gasteiger charge is 2.32. The van der Waals surface area contributed by atoms with Gasteiger partial charge in [-0.2, -0.15) is 0 Å². The number of hydrogen-bond acceptors (Lipinski definition) is 3. The lowest BCUT2D eigenvalue weighted by molar-refractivity contribution is 0.139. The molecule has 0 radical (unpaired) electrons. The highest BCUT2D eigenvalue weighted by molar-refractivity contribution is 6.30. The maximum absolute atomic E-state index is 6.30. The van der Waals surface area contributed by atoms with Gasteiger partial charge in [-0.15, -0.1) is 0 Å². The molecule has 1 aromatic heterocycles. The van der Waals surface area contributed by atoms with Gasteiger partial charge in [-0.3, -0.25) is 0 Å². The number of rotatable bonds is 2. The summed E-state index contributed by atoms with van der Waals surface area (Å²) in [5, 5.41) is 0.537. The molecule has 0 spiro atoms. The second-order valence-corrected chi connectivity index (χ2v) is 6.45. The van der Waals surface area contributed by atoms with Crippen molar-refractivity contribution < 1.29 is 4.74 Å². The molecule has 0 saturated heterocycles. The van der Waals surface area contributed by atoms with Gasteiger partial charge in [0.1, 0.15) is 16.5 Å². The fraction of sp³-hybridized carbons (Fsp3) is 0.412. The Bertz CT molecular complexity index is 687. The van der Waals surface area contributed by atoms with Gasteiger partial charge >= 0.3 is 0 Å². The summed E-state index contributed by atoms with van der Waals surface area (Å²) < 4.78 is 6.09. The van der Waals surface area contributed by atoms with Gasteiger partial charge in [0.2, 0.25) is 0 Å². The van der Waals surface area contributed by atoms with Crippen molar-refractivity contribution in [2.24, 2.45) is 0 Å². The minimum Gasteiger partial charge on any atom is -0.486 e. The number of aromatic nitrogens is 2. The van der Waals surface area contributed by atoms with Crippen LogP contribution in [0, 0.1) is 6.92 Å². The lowest BCUT2D eigenvalue weighted by Gasteiger charge is -2.18. The Hall–Kier alpha value is -1.61. The molecule has 0 saturated carbocycles. The van der Waals surface area contributed by atoms with E-state index in [2.05, 4.69) is 36.8 Å². The number of halogens is 1. The Balaban J connectivity index is 2.14. The molecule has 2 aromatic rings. The van der Waals surface area contributed by atoms with Crippen molar-refractivity contribution >= 4 is 11.6 Å². The summed E-state index contributed by atoms with van der Waals surface area (Å²) in [6.07, 6.45) is 1.73. The summed E-state index contributed by atoms with van der Waals surface area (Å²) in [6.45, 7) is 8.22. The van der Waals surface area contributed by atoms with Crippen LogP contribution in [0.25, 0.3) is 11.4 Å². The highest BCUT2D eigenvalue weighted by Crippen LogP contribution is 2.41. The summed E-state index contributed by atoms with van der Waals surface area (Å²) in [5.41, 5.74) is 3.89. The molecule has 0 atom stereocenters. The zero-order chi connectivity index (χ0) is 15.2. The summed E-state index contributed by atoms with van der Waals surface area (Å²) >= 11 is 6.30. The molecule has 0 unspecified atom stereocenters. The Morgan fingerprint density at radius 2 is 2.05 bits per heavy atom. The first-order valence-electron chi connectivity index (χ1n) is 7.25. The quantitative estimate of drug-likeness (QED) is 0.772. The molecule has 3 nitrogen and oxygen atoms in total. The Morgan fingerprint density at radius 1 is 1.29 bits per heavy atom. The second-order valence-electron chi connectivity index (χ2n) is 6.09. The smallest absolute Gasteiger partial charge is 0.164 e. The third-order valence-electron chi connectivity index (χ3n) is 3.85. The lowest BCUT2D eigenvalue weighted by atomic mass is 10.0. The number of aryl methyl sites for hydroxylation is 1. The number of para-hydroxylation sites is 1. The first kappa shape index (κ1) is 14.3. The molecule has 2 heterocycles. The fourth-order valence-corrected chi connectivity index (χ4v) is 3.23. The van der Waals surface area contributed by atoms with Gasteiger partial charge in [-0.25, -0.2) is 9.97 Å². The van der Waals surface area contributed by atoms with Gasteiger partial charge in [-0.1, -0.05) is 30.7 Å². The third-order valence-corrected chi connectivity index (χ3v) is 4.16. The summed E-state index contributed by atoms with van der Waals surface area (Å²) in [5.74, 6) is 1.53. The normalized spacial score (nSPS) is 15.7. The van der Waals surface area contributed by atoms with E-state index >= 15 is 0 Å². The van der Waals surface area contributed by atoms with Crippen LogP contribution in [0.2, 0.25) is 5.15 Å². The SMILES string of the molecule is CCc1c(C)nc(-c2cccc3c2OC(C)(C)C3)nc1Cl. The number of nitrogens with zero attached hydrogens (tertiary/aromatic N) is 2. The maximum atomic E-state index is 6.30. The maximum Gasteiger partial charge on any atom is 0.164 e. The molecule has 1 aromatic carbocycles. The van der Waals surface area contributed by atoms with Gasteiger partial charge in [-0.05, 0) is 38.8 Å². The minimum atomic E-state index is -0.180. The largest absolute Gasteiger partial charge is 0.486 e. The van der Waals surface area contributed by atoms with Crippen molar-refractivity contribution in [3.05, 3.63) is 40.2 Å². The molecule has 3 rings (SSSR count). The second kappa shape index (κ2) is 4.99. The van der Waals surface area contributed by atoms with Crippen LogP contribution in [0.5, 0.6) is 5.75 Å². The van der Waals surface area contributed by atoms with Crippen molar-refractivity contribution in [1.29, 1.82) is 0 Å². The molecule has 4 heteroatoms. The predicted molar refractivity (Wildman–Crippen MR) is 85.0 cm³/mol. The van der Waals surface area contributed by atoms with Crippen molar-refractivity contribution in [3.63, 3.8) is 0 Å². The van der Waals surface area contributed by atoms with Crippen molar-refractivity contribution in [2.45, 2.75) is 46.1 Å². The molecule has 21 heavy (non-hydrogen) atoms. The van der Waals surface area contributed by atoms with Crippen LogP contribution in [-0.4, -0.2) is 15.6 Å². The Labute approximate surface area is 130 Å². The van der Waals surface area contributed by atoms with E-state index < -0.39 is 0 Å². The standard InChI is InChI=1S/C17H19ClN2O/c1-5-12-10(2)19-16(20-15(12)18)13-8-6-7-11-9-17(3,4)21-14(11)13/h6-8H,5,9H2,1-4H3. The highest BCUT2D eigenvalue weighted by atomic mass is 35.5. The molecule has 110 valence electrons. The van der Waals surface area contributed by atoms with Crippen LogP contribution < -0.4 is 4.74 Å². The number of benzene rings is 1. The van der Waals surface area contributed by atoms with Crippen LogP contribution in [-0.2, 0) is 12.8 Å². The van der Waals surface area contributed by atoms with E-state index in [0.29, 0.717) is 11.0 Å². The monoisotopic (exact) mass is 302 g/mol. The average Bonchev–Trinajstić information content (AvgIpc) is 2.71. The van der Waals surface area contributed by atoms with E-state index in [4.69, 9.17) is 16.3 Å². The van der Waals surface area contributed by atoms with Gasteiger partial charge < -0.3 is 4.74 Å². The Morgan fingerprint density at radius 3 is 2.71 bits per heavy atom. The third kappa shape index (κ3) is 2.51.